The van der Waals surface area contributed by atoms with Crippen LogP contribution in [-0.4, -0.2) is 17.0 Å². The van der Waals surface area contributed by atoms with Crippen molar-refractivity contribution < 1.29 is 4.79 Å². The Morgan fingerprint density at radius 3 is 2.72 bits per heavy atom. The number of amides is 1. The number of rotatable bonds is 5. The van der Waals surface area contributed by atoms with Gasteiger partial charge in [-0.15, -0.1) is 11.8 Å². The van der Waals surface area contributed by atoms with E-state index in [1.54, 1.807) is 6.07 Å². The van der Waals surface area contributed by atoms with E-state index in [1.807, 2.05) is 30.0 Å². The van der Waals surface area contributed by atoms with Crippen LogP contribution in [0, 0.1) is 0 Å². The lowest BCUT2D eigenvalue weighted by molar-refractivity contribution is 0.100. The normalized spacial score (nSPS) is 16.4. The lowest BCUT2D eigenvalue weighted by Gasteiger charge is -2.21. The smallest absolute Gasteiger partial charge is 0.250 e. The lowest BCUT2D eigenvalue weighted by Crippen LogP contribution is -2.15. The van der Waals surface area contributed by atoms with Gasteiger partial charge in [0.05, 0.1) is 11.4 Å². The molecule has 0 atom stereocenters. The van der Waals surface area contributed by atoms with Gasteiger partial charge >= 0.3 is 0 Å². The van der Waals surface area contributed by atoms with Crippen LogP contribution in [0.1, 0.15) is 42.5 Å². The second-order valence-electron chi connectivity index (χ2n) is 4.66. The van der Waals surface area contributed by atoms with Gasteiger partial charge in [0.1, 0.15) is 0 Å². The van der Waals surface area contributed by atoms with Crippen molar-refractivity contribution in [2.24, 2.45) is 5.73 Å². The highest BCUT2D eigenvalue weighted by Crippen LogP contribution is 2.28. The molecule has 1 amide bonds. The Labute approximate surface area is 113 Å². The second-order valence-corrected chi connectivity index (χ2v) is 5.95. The van der Waals surface area contributed by atoms with Crippen molar-refractivity contribution in [1.82, 2.24) is 0 Å². The molecule has 0 spiro atoms. The molecule has 0 unspecified atom stereocenters. The molecule has 1 aromatic carbocycles. The monoisotopic (exact) mass is 264 g/mol. The highest BCUT2D eigenvalue weighted by Gasteiger charge is 2.13. The first-order chi connectivity index (χ1) is 8.77. The van der Waals surface area contributed by atoms with Crippen LogP contribution in [-0.2, 0) is 0 Å². The van der Waals surface area contributed by atoms with Crippen LogP contribution in [0.5, 0.6) is 0 Å². The van der Waals surface area contributed by atoms with Gasteiger partial charge in [0, 0.05) is 10.9 Å². The number of para-hydroxylation sites is 1. The summed E-state index contributed by atoms with van der Waals surface area (Å²) in [5.74, 6) is 0.468. The van der Waals surface area contributed by atoms with E-state index in [9.17, 15) is 4.79 Å². The average molecular weight is 264 g/mol. The topological polar surface area (TPSA) is 55.1 Å². The molecule has 1 saturated carbocycles. The molecule has 3 nitrogen and oxygen atoms in total. The van der Waals surface area contributed by atoms with Crippen LogP contribution in [0.25, 0.3) is 0 Å². The molecule has 98 valence electrons. The zero-order valence-electron chi connectivity index (χ0n) is 10.5. The second kappa shape index (κ2) is 6.69. The summed E-state index contributed by atoms with van der Waals surface area (Å²) in [6.45, 7) is 0. The van der Waals surface area contributed by atoms with E-state index >= 15 is 0 Å². The predicted octanol–water partition coefficient (Wildman–Crippen LogP) is 3.22. The third-order valence-corrected chi connectivity index (χ3v) is 4.58. The Balaban J connectivity index is 1.84. The van der Waals surface area contributed by atoms with Crippen LogP contribution in [0.15, 0.2) is 24.3 Å². The molecular weight excluding hydrogens is 244 g/mol. The molecule has 0 radical (unpaired) electrons. The van der Waals surface area contributed by atoms with Crippen molar-refractivity contribution in [2.75, 3.05) is 11.2 Å². The molecule has 0 aliphatic heterocycles. The molecule has 2 rings (SSSR count). The molecular formula is C14H20N2OS. The third-order valence-electron chi connectivity index (χ3n) is 3.33. The molecule has 1 aromatic rings. The number of anilines is 1. The largest absolute Gasteiger partial charge is 0.375 e. The van der Waals surface area contributed by atoms with Gasteiger partial charge in [0.2, 0.25) is 0 Å². The number of nitrogens with one attached hydrogen (secondary N) is 1. The summed E-state index contributed by atoms with van der Waals surface area (Å²) >= 11 is 1.95. The summed E-state index contributed by atoms with van der Waals surface area (Å²) in [6, 6.07) is 7.41. The Morgan fingerprint density at radius 2 is 2.00 bits per heavy atom. The van der Waals surface area contributed by atoms with E-state index in [0.717, 1.165) is 16.8 Å². The first-order valence-electron chi connectivity index (χ1n) is 6.51. The van der Waals surface area contributed by atoms with E-state index < -0.39 is 0 Å². The molecule has 1 fully saturated rings. The van der Waals surface area contributed by atoms with Crippen molar-refractivity contribution in [1.29, 1.82) is 0 Å². The van der Waals surface area contributed by atoms with E-state index in [-0.39, 0.29) is 5.91 Å². The fourth-order valence-electron chi connectivity index (χ4n) is 2.32. The highest BCUT2D eigenvalue weighted by atomic mass is 32.2. The SMILES string of the molecule is NC(=O)c1ccccc1NCSC1CCCCC1. The maximum atomic E-state index is 11.3. The molecule has 1 aliphatic carbocycles. The van der Waals surface area contributed by atoms with Gasteiger partial charge in [-0.25, -0.2) is 0 Å². The van der Waals surface area contributed by atoms with Gasteiger partial charge in [-0.05, 0) is 25.0 Å². The molecule has 4 heteroatoms. The number of benzene rings is 1. The first-order valence-corrected chi connectivity index (χ1v) is 7.56. The molecule has 3 N–H and O–H groups in total. The van der Waals surface area contributed by atoms with Gasteiger partial charge in [-0.2, -0.15) is 0 Å². The van der Waals surface area contributed by atoms with Crippen molar-refractivity contribution in [3.63, 3.8) is 0 Å². The predicted molar refractivity (Wildman–Crippen MR) is 77.9 cm³/mol. The van der Waals surface area contributed by atoms with Crippen molar-refractivity contribution in [3.05, 3.63) is 29.8 Å². The fourth-order valence-corrected chi connectivity index (χ4v) is 3.46. The van der Waals surface area contributed by atoms with Crippen molar-refractivity contribution in [2.45, 2.75) is 37.4 Å². The van der Waals surface area contributed by atoms with Crippen LogP contribution in [0.2, 0.25) is 0 Å². The Bertz CT molecular complexity index is 403. The number of carbonyl (C=O) groups excluding carboxylic acids is 1. The van der Waals surface area contributed by atoms with Crippen LogP contribution < -0.4 is 11.1 Å². The van der Waals surface area contributed by atoms with Gasteiger partial charge in [-0.3, -0.25) is 4.79 Å². The molecule has 1 aliphatic rings. The summed E-state index contributed by atoms with van der Waals surface area (Å²) in [6.07, 6.45) is 6.74. The highest BCUT2D eigenvalue weighted by molar-refractivity contribution is 7.99. The molecule has 0 aromatic heterocycles. The third kappa shape index (κ3) is 3.67. The summed E-state index contributed by atoms with van der Waals surface area (Å²) < 4.78 is 0. The molecule has 0 saturated heterocycles. The van der Waals surface area contributed by atoms with Gasteiger partial charge in [-0.1, -0.05) is 31.4 Å². The van der Waals surface area contributed by atoms with E-state index in [0.29, 0.717) is 5.56 Å². The summed E-state index contributed by atoms with van der Waals surface area (Å²) in [5, 5.41) is 4.07. The van der Waals surface area contributed by atoms with Crippen LogP contribution >= 0.6 is 11.8 Å². The zero-order chi connectivity index (χ0) is 12.8. The minimum Gasteiger partial charge on any atom is -0.375 e. The number of hydrogen-bond donors (Lipinski definition) is 2. The lowest BCUT2D eigenvalue weighted by atomic mass is 10.0. The Kier molecular flexibility index (Phi) is 4.93. The molecule has 0 heterocycles. The maximum absolute atomic E-state index is 11.3. The first kappa shape index (κ1) is 13.3. The quantitative estimate of drug-likeness (QED) is 0.803. The maximum Gasteiger partial charge on any atom is 0.250 e. The van der Waals surface area contributed by atoms with Crippen molar-refractivity contribution in [3.8, 4) is 0 Å². The van der Waals surface area contributed by atoms with Crippen LogP contribution in [0.4, 0.5) is 5.69 Å². The van der Waals surface area contributed by atoms with E-state index in [2.05, 4.69) is 5.32 Å². The van der Waals surface area contributed by atoms with Gasteiger partial charge < -0.3 is 11.1 Å². The number of thioether (sulfide) groups is 1. The number of carbonyl (C=O) groups is 1. The van der Waals surface area contributed by atoms with Crippen molar-refractivity contribution >= 4 is 23.4 Å². The number of primary amides is 1. The number of hydrogen-bond acceptors (Lipinski definition) is 3. The average Bonchev–Trinajstić information content (AvgIpc) is 2.40. The Morgan fingerprint density at radius 1 is 1.28 bits per heavy atom. The molecule has 18 heavy (non-hydrogen) atoms. The summed E-state index contributed by atoms with van der Waals surface area (Å²) in [4.78, 5) is 11.3. The standard InChI is InChI=1S/C14H20N2OS/c15-14(17)12-8-4-5-9-13(12)16-10-18-11-6-2-1-3-7-11/h4-5,8-9,11,16H,1-3,6-7,10H2,(H2,15,17). The zero-order valence-corrected chi connectivity index (χ0v) is 11.3. The van der Waals surface area contributed by atoms with Gasteiger partial charge in [0.25, 0.3) is 5.91 Å². The van der Waals surface area contributed by atoms with Crippen LogP contribution in [0.3, 0.4) is 0 Å². The van der Waals surface area contributed by atoms with E-state index in [1.165, 1.54) is 32.1 Å². The summed E-state index contributed by atoms with van der Waals surface area (Å²) in [7, 11) is 0. The van der Waals surface area contributed by atoms with Gasteiger partial charge in [0.15, 0.2) is 0 Å². The molecule has 0 bridgehead atoms. The summed E-state index contributed by atoms with van der Waals surface area (Å²) in [5.41, 5.74) is 6.76. The number of nitrogens with two attached hydrogens (primary N) is 1. The minimum absolute atomic E-state index is 0.374. The van der Waals surface area contributed by atoms with E-state index in [4.69, 9.17) is 5.73 Å². The Hall–Kier alpha value is -1.16. The minimum atomic E-state index is -0.374. The fraction of sp³-hybridized carbons (Fsp3) is 0.500.